The quantitative estimate of drug-likeness (QED) is 0.758. The number of carbonyl (C=O) groups is 1. The molecule has 0 aliphatic carbocycles. The van der Waals surface area contributed by atoms with Crippen LogP contribution in [0.15, 0.2) is 65.1 Å². The van der Waals surface area contributed by atoms with Gasteiger partial charge in [0.15, 0.2) is 0 Å². The number of hydrogen-bond donors (Lipinski definition) is 1. The van der Waals surface area contributed by atoms with Crippen LogP contribution in [-0.4, -0.2) is 39.0 Å². The molecule has 3 rings (SSSR count). The summed E-state index contributed by atoms with van der Waals surface area (Å²) in [4.78, 5) is 17.7. The fourth-order valence-corrected chi connectivity index (χ4v) is 4.60. The summed E-state index contributed by atoms with van der Waals surface area (Å²) in [5, 5.41) is 2.51. The summed E-state index contributed by atoms with van der Waals surface area (Å²) in [7, 11) is -0.823. The zero-order valence-electron chi connectivity index (χ0n) is 16.7. The minimum atomic E-state index is -3.93. The number of hydroxylamine groups is 1. The van der Waals surface area contributed by atoms with Gasteiger partial charge in [-0.2, -0.15) is 0 Å². The Kier molecular flexibility index (Phi) is 6.07. The highest BCUT2D eigenvalue weighted by molar-refractivity contribution is 7.89. The average molecular weight is 416 g/mol. The van der Waals surface area contributed by atoms with Gasteiger partial charge in [-0.25, -0.2) is 8.42 Å². The maximum Gasteiger partial charge on any atom is 0.265 e. The molecule has 0 saturated carbocycles. The number of methoxy groups -OCH3 is 1. The molecule has 1 amide bonds. The van der Waals surface area contributed by atoms with Crippen LogP contribution in [0.5, 0.6) is 5.75 Å². The van der Waals surface area contributed by atoms with Crippen molar-refractivity contribution in [2.24, 2.45) is 0 Å². The Labute approximate surface area is 170 Å². The SMILES string of the molecule is CNC(=O)c1ccc(S(=O)(=O)N2OC(c3ccc(OC)cc3)C(C)=CC2C)cc1. The van der Waals surface area contributed by atoms with Gasteiger partial charge in [-0.05, 0) is 61.4 Å². The molecule has 154 valence electrons. The minimum Gasteiger partial charge on any atom is -0.497 e. The Morgan fingerprint density at radius 2 is 1.72 bits per heavy atom. The summed E-state index contributed by atoms with van der Waals surface area (Å²) in [6.45, 7) is 3.66. The predicted molar refractivity (Wildman–Crippen MR) is 109 cm³/mol. The van der Waals surface area contributed by atoms with E-state index < -0.39 is 22.2 Å². The number of sulfonamides is 1. The fraction of sp³-hybridized carbons (Fsp3) is 0.286. The smallest absolute Gasteiger partial charge is 0.265 e. The van der Waals surface area contributed by atoms with Gasteiger partial charge in [0, 0.05) is 12.6 Å². The van der Waals surface area contributed by atoms with Crippen LogP contribution >= 0.6 is 0 Å². The van der Waals surface area contributed by atoms with Crippen molar-refractivity contribution >= 4 is 15.9 Å². The van der Waals surface area contributed by atoms with Gasteiger partial charge in [0.05, 0.1) is 18.0 Å². The molecule has 2 aromatic rings. The molecule has 1 N–H and O–H groups in total. The van der Waals surface area contributed by atoms with Gasteiger partial charge in [-0.1, -0.05) is 22.7 Å². The van der Waals surface area contributed by atoms with E-state index in [4.69, 9.17) is 9.57 Å². The van der Waals surface area contributed by atoms with Crippen LogP contribution in [0.3, 0.4) is 0 Å². The number of carbonyl (C=O) groups excluding carboxylic acids is 1. The predicted octanol–water partition coefficient (Wildman–Crippen LogP) is 3.07. The maximum atomic E-state index is 13.2. The second-order valence-corrected chi connectivity index (χ2v) is 8.56. The topological polar surface area (TPSA) is 84.9 Å². The number of ether oxygens (including phenoxy) is 1. The van der Waals surface area contributed by atoms with Crippen molar-refractivity contribution in [1.82, 2.24) is 9.79 Å². The van der Waals surface area contributed by atoms with Crippen molar-refractivity contribution in [3.63, 3.8) is 0 Å². The van der Waals surface area contributed by atoms with E-state index in [1.807, 2.05) is 25.1 Å². The first kappa shape index (κ1) is 21.0. The first-order chi connectivity index (χ1) is 13.8. The number of nitrogens with one attached hydrogen (secondary N) is 1. The fourth-order valence-electron chi connectivity index (χ4n) is 3.22. The normalized spacial score (nSPS) is 20.1. The molecule has 7 nitrogen and oxygen atoms in total. The average Bonchev–Trinajstić information content (AvgIpc) is 2.73. The third-order valence-electron chi connectivity index (χ3n) is 4.76. The lowest BCUT2D eigenvalue weighted by Crippen LogP contribution is -2.41. The third-order valence-corrected chi connectivity index (χ3v) is 6.52. The molecular formula is C21H24N2O5S. The maximum absolute atomic E-state index is 13.2. The first-order valence-electron chi connectivity index (χ1n) is 9.13. The zero-order valence-corrected chi connectivity index (χ0v) is 17.6. The standard InChI is InChI=1S/C21H24N2O5S/c1-14-13-15(2)23(28-20(14)16-5-9-18(27-4)10-6-16)29(25,26)19-11-7-17(8-12-19)21(24)22-3/h5-13,15,20H,1-4H3,(H,22,24). The Morgan fingerprint density at radius 3 is 2.28 bits per heavy atom. The van der Waals surface area contributed by atoms with Gasteiger partial charge in [-0.15, -0.1) is 0 Å². The summed E-state index contributed by atoms with van der Waals surface area (Å²) in [5.74, 6) is 0.426. The molecule has 2 aromatic carbocycles. The summed E-state index contributed by atoms with van der Waals surface area (Å²) in [5.41, 5.74) is 2.12. The van der Waals surface area contributed by atoms with E-state index >= 15 is 0 Å². The van der Waals surface area contributed by atoms with Crippen molar-refractivity contribution in [2.45, 2.75) is 30.9 Å². The second-order valence-electron chi connectivity index (χ2n) is 6.77. The van der Waals surface area contributed by atoms with Gasteiger partial charge in [0.2, 0.25) is 0 Å². The van der Waals surface area contributed by atoms with Crippen molar-refractivity contribution in [2.75, 3.05) is 14.2 Å². The van der Waals surface area contributed by atoms with E-state index in [2.05, 4.69) is 5.32 Å². The second kappa shape index (κ2) is 8.36. The molecule has 1 aliphatic rings. The van der Waals surface area contributed by atoms with Crippen molar-refractivity contribution in [3.05, 3.63) is 71.3 Å². The van der Waals surface area contributed by atoms with Gasteiger partial charge >= 0.3 is 0 Å². The van der Waals surface area contributed by atoms with Crippen molar-refractivity contribution in [3.8, 4) is 5.75 Å². The molecule has 8 heteroatoms. The summed E-state index contributed by atoms with van der Waals surface area (Å²) in [6.07, 6.45) is 1.34. The molecule has 0 saturated heterocycles. The van der Waals surface area contributed by atoms with Gasteiger partial charge in [-0.3, -0.25) is 9.63 Å². The monoisotopic (exact) mass is 416 g/mol. The van der Waals surface area contributed by atoms with E-state index in [0.717, 1.165) is 15.6 Å². The van der Waals surface area contributed by atoms with Crippen molar-refractivity contribution < 1.29 is 22.8 Å². The van der Waals surface area contributed by atoms with E-state index in [0.29, 0.717) is 11.3 Å². The Balaban J connectivity index is 1.91. The minimum absolute atomic E-state index is 0.0541. The number of nitrogens with zero attached hydrogens (tertiary/aromatic N) is 1. The molecule has 2 atom stereocenters. The van der Waals surface area contributed by atoms with Crippen LogP contribution in [0.2, 0.25) is 0 Å². The van der Waals surface area contributed by atoms with Crippen LogP contribution in [-0.2, 0) is 14.9 Å². The highest BCUT2D eigenvalue weighted by atomic mass is 32.2. The number of benzene rings is 2. The van der Waals surface area contributed by atoms with E-state index in [-0.39, 0.29) is 10.8 Å². The first-order valence-corrected chi connectivity index (χ1v) is 10.6. The highest BCUT2D eigenvalue weighted by Crippen LogP contribution is 2.35. The zero-order chi connectivity index (χ0) is 21.2. The Bertz CT molecular complexity index is 1010. The summed E-state index contributed by atoms with van der Waals surface area (Å²) < 4.78 is 32.6. The summed E-state index contributed by atoms with van der Waals surface area (Å²) >= 11 is 0. The molecule has 0 radical (unpaired) electrons. The van der Waals surface area contributed by atoms with Crippen molar-refractivity contribution in [1.29, 1.82) is 0 Å². The summed E-state index contributed by atoms with van der Waals surface area (Å²) in [6, 6.07) is 12.6. The van der Waals surface area contributed by atoms with Crippen LogP contribution in [0.4, 0.5) is 0 Å². The number of amides is 1. The Morgan fingerprint density at radius 1 is 1.10 bits per heavy atom. The molecule has 0 spiro atoms. The highest BCUT2D eigenvalue weighted by Gasteiger charge is 2.36. The molecule has 2 unspecified atom stereocenters. The lowest BCUT2D eigenvalue weighted by Gasteiger charge is -2.35. The molecule has 0 bridgehead atoms. The largest absolute Gasteiger partial charge is 0.497 e. The van der Waals surface area contributed by atoms with Gasteiger partial charge in [0.25, 0.3) is 15.9 Å². The van der Waals surface area contributed by atoms with E-state index in [1.54, 1.807) is 26.2 Å². The van der Waals surface area contributed by atoms with Gasteiger partial charge < -0.3 is 10.1 Å². The lowest BCUT2D eigenvalue weighted by molar-refractivity contribution is -0.143. The van der Waals surface area contributed by atoms with Crippen LogP contribution < -0.4 is 10.1 Å². The van der Waals surface area contributed by atoms with Crippen LogP contribution in [0.25, 0.3) is 0 Å². The molecular weight excluding hydrogens is 392 g/mol. The number of rotatable bonds is 5. The molecule has 0 aromatic heterocycles. The third kappa shape index (κ3) is 4.19. The molecule has 1 aliphatic heterocycles. The van der Waals surface area contributed by atoms with Crippen LogP contribution in [0.1, 0.15) is 35.9 Å². The molecule has 1 heterocycles. The molecule has 0 fully saturated rings. The van der Waals surface area contributed by atoms with E-state index in [9.17, 15) is 13.2 Å². The molecule has 29 heavy (non-hydrogen) atoms. The van der Waals surface area contributed by atoms with Gasteiger partial charge in [0.1, 0.15) is 11.9 Å². The number of hydrogen-bond acceptors (Lipinski definition) is 5. The van der Waals surface area contributed by atoms with Crippen LogP contribution in [0, 0.1) is 0 Å². The Hall–Kier alpha value is -2.68. The lowest BCUT2D eigenvalue weighted by atomic mass is 10.00. The van der Waals surface area contributed by atoms with E-state index in [1.165, 1.54) is 31.3 Å².